The van der Waals surface area contributed by atoms with Crippen molar-refractivity contribution in [2.45, 2.75) is 26.2 Å². The Kier molecular flexibility index (Phi) is 3.90. The summed E-state index contributed by atoms with van der Waals surface area (Å²) in [5.74, 6) is 1.16. The summed E-state index contributed by atoms with van der Waals surface area (Å²) in [7, 11) is 0. The molecule has 2 atom stereocenters. The van der Waals surface area contributed by atoms with Crippen LogP contribution in [0.5, 0.6) is 0 Å². The van der Waals surface area contributed by atoms with Gasteiger partial charge in [0.05, 0.1) is 0 Å². The molecule has 0 radical (unpaired) electrons. The summed E-state index contributed by atoms with van der Waals surface area (Å²) in [5.41, 5.74) is 6.89. The molecule has 72 valence electrons. The third kappa shape index (κ3) is 3.15. The van der Waals surface area contributed by atoms with Crippen LogP contribution in [0.15, 0.2) is 24.5 Å². The zero-order valence-corrected chi connectivity index (χ0v) is 8.40. The lowest BCUT2D eigenvalue weighted by Crippen LogP contribution is -2.13. The molecule has 2 heteroatoms. The van der Waals surface area contributed by atoms with E-state index in [1.807, 2.05) is 18.5 Å². The maximum absolute atomic E-state index is 5.58. The van der Waals surface area contributed by atoms with Crippen LogP contribution in [0.4, 0.5) is 0 Å². The van der Waals surface area contributed by atoms with Crippen LogP contribution in [0.2, 0.25) is 0 Å². The summed E-state index contributed by atoms with van der Waals surface area (Å²) < 4.78 is 0. The zero-order valence-electron chi connectivity index (χ0n) is 8.40. The molecule has 0 aliphatic carbocycles. The highest BCUT2D eigenvalue weighted by molar-refractivity contribution is 5.13. The lowest BCUT2D eigenvalue weighted by Gasteiger charge is -2.15. The van der Waals surface area contributed by atoms with E-state index >= 15 is 0 Å². The second-order valence-electron chi connectivity index (χ2n) is 3.76. The molecule has 1 aromatic heterocycles. The maximum Gasteiger partial charge on any atom is 0.0302 e. The van der Waals surface area contributed by atoms with Crippen molar-refractivity contribution in [1.82, 2.24) is 4.98 Å². The van der Waals surface area contributed by atoms with E-state index in [0.717, 1.165) is 13.0 Å². The van der Waals surface area contributed by atoms with Crippen molar-refractivity contribution in [3.05, 3.63) is 30.1 Å². The Morgan fingerprint density at radius 3 is 2.77 bits per heavy atom. The molecule has 0 saturated carbocycles. The largest absolute Gasteiger partial charge is 0.330 e. The fourth-order valence-corrected chi connectivity index (χ4v) is 1.50. The molecular formula is C11H18N2. The van der Waals surface area contributed by atoms with Crippen LogP contribution in [-0.4, -0.2) is 11.5 Å². The predicted octanol–water partition coefficient (Wildman–Crippen LogP) is 2.17. The smallest absolute Gasteiger partial charge is 0.0302 e. The van der Waals surface area contributed by atoms with Crippen LogP contribution in [0.1, 0.15) is 31.7 Å². The van der Waals surface area contributed by atoms with Gasteiger partial charge >= 0.3 is 0 Å². The van der Waals surface area contributed by atoms with Crippen molar-refractivity contribution in [3.63, 3.8) is 0 Å². The Balaban J connectivity index is 2.53. The maximum atomic E-state index is 5.58. The molecule has 2 unspecified atom stereocenters. The van der Waals surface area contributed by atoms with Crippen molar-refractivity contribution in [3.8, 4) is 0 Å². The number of rotatable bonds is 4. The molecule has 0 spiro atoms. The minimum atomic E-state index is 0.562. The normalized spacial score (nSPS) is 15.3. The Labute approximate surface area is 80.2 Å². The quantitative estimate of drug-likeness (QED) is 0.767. The Hall–Kier alpha value is -0.890. The van der Waals surface area contributed by atoms with E-state index in [0.29, 0.717) is 11.8 Å². The summed E-state index contributed by atoms with van der Waals surface area (Å²) in [6.07, 6.45) is 4.89. The molecule has 1 rings (SSSR count). The number of pyridine rings is 1. The van der Waals surface area contributed by atoms with E-state index in [-0.39, 0.29) is 0 Å². The van der Waals surface area contributed by atoms with Crippen LogP contribution in [0.25, 0.3) is 0 Å². The third-order valence-electron chi connectivity index (χ3n) is 2.41. The average Bonchev–Trinajstić information content (AvgIpc) is 2.19. The first-order chi connectivity index (χ1) is 6.24. The van der Waals surface area contributed by atoms with E-state index in [1.54, 1.807) is 0 Å². The predicted molar refractivity (Wildman–Crippen MR) is 55.5 cm³/mol. The van der Waals surface area contributed by atoms with Crippen LogP contribution in [0.3, 0.4) is 0 Å². The van der Waals surface area contributed by atoms with Gasteiger partial charge in [-0.1, -0.05) is 19.9 Å². The second-order valence-corrected chi connectivity index (χ2v) is 3.76. The molecule has 13 heavy (non-hydrogen) atoms. The van der Waals surface area contributed by atoms with Gasteiger partial charge in [0.2, 0.25) is 0 Å². The van der Waals surface area contributed by atoms with Crippen molar-refractivity contribution >= 4 is 0 Å². The van der Waals surface area contributed by atoms with Gasteiger partial charge in [-0.2, -0.15) is 0 Å². The minimum absolute atomic E-state index is 0.562. The fraction of sp³-hybridized carbons (Fsp3) is 0.545. The van der Waals surface area contributed by atoms with Gasteiger partial charge in [-0.15, -0.1) is 0 Å². The van der Waals surface area contributed by atoms with Crippen LogP contribution in [0, 0.1) is 5.92 Å². The first kappa shape index (κ1) is 10.2. The number of hydrogen-bond acceptors (Lipinski definition) is 2. The molecule has 0 fully saturated rings. The lowest BCUT2D eigenvalue weighted by atomic mass is 9.92. The second kappa shape index (κ2) is 4.97. The monoisotopic (exact) mass is 178 g/mol. The summed E-state index contributed by atoms with van der Waals surface area (Å²) in [6.45, 7) is 5.18. The van der Waals surface area contributed by atoms with E-state index in [1.165, 1.54) is 5.56 Å². The summed E-state index contributed by atoms with van der Waals surface area (Å²) >= 11 is 0. The van der Waals surface area contributed by atoms with Gasteiger partial charge < -0.3 is 5.73 Å². The first-order valence-electron chi connectivity index (χ1n) is 4.84. The van der Waals surface area contributed by atoms with Crippen LogP contribution in [-0.2, 0) is 0 Å². The Bertz CT molecular complexity index is 233. The van der Waals surface area contributed by atoms with E-state index in [2.05, 4.69) is 24.9 Å². The van der Waals surface area contributed by atoms with Gasteiger partial charge in [0.15, 0.2) is 0 Å². The van der Waals surface area contributed by atoms with Crippen molar-refractivity contribution in [2.24, 2.45) is 11.7 Å². The molecule has 1 heterocycles. The highest BCUT2D eigenvalue weighted by atomic mass is 14.6. The molecule has 2 N–H and O–H groups in total. The van der Waals surface area contributed by atoms with E-state index in [9.17, 15) is 0 Å². The van der Waals surface area contributed by atoms with Gasteiger partial charge in [-0.25, -0.2) is 0 Å². The van der Waals surface area contributed by atoms with E-state index < -0.39 is 0 Å². The summed E-state index contributed by atoms with van der Waals surface area (Å²) in [4.78, 5) is 4.11. The number of aromatic nitrogens is 1. The van der Waals surface area contributed by atoms with Crippen molar-refractivity contribution < 1.29 is 0 Å². The molecule has 0 saturated heterocycles. The van der Waals surface area contributed by atoms with Crippen molar-refractivity contribution in [2.75, 3.05) is 6.54 Å². The number of nitrogens with two attached hydrogens (primary N) is 1. The topological polar surface area (TPSA) is 38.9 Å². The minimum Gasteiger partial charge on any atom is -0.330 e. The van der Waals surface area contributed by atoms with Gasteiger partial charge in [0.25, 0.3) is 0 Å². The molecular weight excluding hydrogens is 160 g/mol. The molecule has 1 aromatic rings. The van der Waals surface area contributed by atoms with Gasteiger partial charge in [-0.05, 0) is 36.4 Å². The molecule has 0 aliphatic heterocycles. The molecule has 0 bridgehead atoms. The van der Waals surface area contributed by atoms with Gasteiger partial charge in [0.1, 0.15) is 0 Å². The highest BCUT2D eigenvalue weighted by Gasteiger charge is 2.08. The van der Waals surface area contributed by atoms with Crippen molar-refractivity contribution in [1.29, 1.82) is 0 Å². The summed E-state index contributed by atoms with van der Waals surface area (Å²) in [5, 5.41) is 0. The lowest BCUT2D eigenvalue weighted by molar-refractivity contribution is 0.493. The van der Waals surface area contributed by atoms with Crippen LogP contribution < -0.4 is 5.73 Å². The first-order valence-corrected chi connectivity index (χ1v) is 4.84. The van der Waals surface area contributed by atoms with Crippen LogP contribution >= 0.6 is 0 Å². The molecule has 0 amide bonds. The fourth-order valence-electron chi connectivity index (χ4n) is 1.50. The number of hydrogen-bond donors (Lipinski definition) is 1. The SMILES string of the molecule is CC(CN)CC(C)c1cccnc1. The van der Waals surface area contributed by atoms with Gasteiger partial charge in [-0.3, -0.25) is 4.98 Å². The van der Waals surface area contributed by atoms with E-state index in [4.69, 9.17) is 5.73 Å². The Morgan fingerprint density at radius 2 is 2.23 bits per heavy atom. The molecule has 2 nitrogen and oxygen atoms in total. The molecule has 0 aromatic carbocycles. The third-order valence-corrected chi connectivity index (χ3v) is 2.41. The Morgan fingerprint density at radius 1 is 1.46 bits per heavy atom. The molecule has 0 aliphatic rings. The van der Waals surface area contributed by atoms with Gasteiger partial charge in [0, 0.05) is 12.4 Å². The highest BCUT2D eigenvalue weighted by Crippen LogP contribution is 2.21. The zero-order chi connectivity index (χ0) is 9.68. The average molecular weight is 178 g/mol. The number of nitrogens with zero attached hydrogens (tertiary/aromatic N) is 1. The standard InChI is InChI=1S/C11H18N2/c1-9(7-12)6-10(2)11-4-3-5-13-8-11/h3-5,8-10H,6-7,12H2,1-2H3. The summed E-state index contributed by atoms with van der Waals surface area (Å²) in [6, 6.07) is 4.11.